The largest absolute Gasteiger partial charge is 0.493 e. The molecule has 16 heavy (non-hydrogen) atoms. The van der Waals surface area contributed by atoms with Gasteiger partial charge in [0.15, 0.2) is 0 Å². The van der Waals surface area contributed by atoms with Crippen LogP contribution in [-0.2, 0) is 5.33 Å². The van der Waals surface area contributed by atoms with Gasteiger partial charge in [-0.25, -0.2) is 0 Å². The number of ether oxygens (including phenoxy) is 1. The van der Waals surface area contributed by atoms with Crippen LogP contribution in [0.15, 0.2) is 12.1 Å². The molecule has 0 saturated heterocycles. The normalized spacial score (nSPS) is 15.2. The Bertz CT molecular complexity index is 346. The summed E-state index contributed by atoms with van der Waals surface area (Å²) in [6.45, 7) is 5.14. The van der Waals surface area contributed by atoms with Crippen molar-refractivity contribution in [3.63, 3.8) is 0 Å². The summed E-state index contributed by atoms with van der Waals surface area (Å²) in [5.74, 6) is 2.03. The van der Waals surface area contributed by atoms with E-state index in [-0.39, 0.29) is 0 Å². The quantitative estimate of drug-likeness (QED) is 0.729. The van der Waals surface area contributed by atoms with Crippen LogP contribution >= 0.6 is 15.9 Å². The molecular weight excluding hydrogens is 264 g/mol. The molecular formula is C14H19BrO. The van der Waals surface area contributed by atoms with Gasteiger partial charge in [0.1, 0.15) is 5.75 Å². The van der Waals surface area contributed by atoms with Crippen molar-refractivity contribution in [3.8, 4) is 5.75 Å². The van der Waals surface area contributed by atoms with E-state index >= 15 is 0 Å². The topological polar surface area (TPSA) is 9.23 Å². The highest BCUT2D eigenvalue weighted by molar-refractivity contribution is 9.08. The molecule has 1 aromatic carbocycles. The Labute approximate surface area is 106 Å². The van der Waals surface area contributed by atoms with E-state index in [4.69, 9.17) is 4.74 Å². The molecule has 0 aliphatic heterocycles. The average molecular weight is 283 g/mol. The molecule has 2 heteroatoms. The van der Waals surface area contributed by atoms with Crippen molar-refractivity contribution in [1.82, 2.24) is 0 Å². The lowest BCUT2D eigenvalue weighted by Gasteiger charge is -2.13. The summed E-state index contributed by atoms with van der Waals surface area (Å²) in [6.07, 6.45) is 4.03. The summed E-state index contributed by atoms with van der Waals surface area (Å²) in [4.78, 5) is 0. The fourth-order valence-electron chi connectivity index (χ4n) is 2.08. The van der Waals surface area contributed by atoms with Crippen LogP contribution in [0.3, 0.4) is 0 Å². The standard InChI is InChI=1S/C14H19BrO/c1-10-7-13(9-15)8-11(2)14(10)16-6-5-12-3-4-12/h7-8,12H,3-6,9H2,1-2H3. The predicted molar refractivity (Wildman–Crippen MR) is 71.4 cm³/mol. The monoisotopic (exact) mass is 282 g/mol. The SMILES string of the molecule is Cc1cc(CBr)cc(C)c1OCCC1CC1. The molecule has 0 unspecified atom stereocenters. The molecule has 0 N–H and O–H groups in total. The molecule has 0 spiro atoms. The number of hydrogen-bond donors (Lipinski definition) is 0. The summed E-state index contributed by atoms with van der Waals surface area (Å²) in [5, 5.41) is 0.914. The number of benzene rings is 1. The highest BCUT2D eigenvalue weighted by Gasteiger charge is 2.20. The maximum atomic E-state index is 5.90. The van der Waals surface area contributed by atoms with Gasteiger partial charge < -0.3 is 4.74 Å². The third kappa shape index (κ3) is 3.00. The number of hydrogen-bond acceptors (Lipinski definition) is 1. The summed E-state index contributed by atoms with van der Waals surface area (Å²) >= 11 is 3.49. The van der Waals surface area contributed by atoms with Gasteiger partial charge >= 0.3 is 0 Å². The van der Waals surface area contributed by atoms with Crippen molar-refractivity contribution >= 4 is 15.9 Å². The van der Waals surface area contributed by atoms with Crippen molar-refractivity contribution in [2.75, 3.05) is 6.61 Å². The number of rotatable bonds is 5. The minimum atomic E-state index is 0.875. The summed E-state index contributed by atoms with van der Waals surface area (Å²) < 4.78 is 5.90. The van der Waals surface area contributed by atoms with E-state index in [1.165, 1.54) is 36.0 Å². The van der Waals surface area contributed by atoms with Crippen molar-refractivity contribution in [2.45, 2.75) is 38.4 Å². The van der Waals surface area contributed by atoms with E-state index in [1.807, 2.05) is 0 Å². The average Bonchev–Trinajstić information content (AvgIpc) is 3.05. The molecule has 1 aliphatic rings. The van der Waals surface area contributed by atoms with Gasteiger partial charge in [-0.3, -0.25) is 0 Å². The molecule has 1 nitrogen and oxygen atoms in total. The molecule has 0 atom stereocenters. The summed E-state index contributed by atoms with van der Waals surface area (Å²) in [6, 6.07) is 4.41. The van der Waals surface area contributed by atoms with Crippen molar-refractivity contribution in [2.24, 2.45) is 5.92 Å². The first-order chi connectivity index (χ1) is 7.70. The van der Waals surface area contributed by atoms with Crippen molar-refractivity contribution in [3.05, 3.63) is 28.8 Å². The third-order valence-electron chi connectivity index (χ3n) is 3.14. The molecule has 0 heterocycles. The van der Waals surface area contributed by atoms with E-state index in [1.54, 1.807) is 0 Å². The van der Waals surface area contributed by atoms with Crippen LogP contribution in [0, 0.1) is 19.8 Å². The van der Waals surface area contributed by atoms with Gasteiger partial charge in [0.2, 0.25) is 0 Å². The lowest BCUT2D eigenvalue weighted by molar-refractivity contribution is 0.298. The Balaban J connectivity index is 2.00. The van der Waals surface area contributed by atoms with Gasteiger partial charge in [0.25, 0.3) is 0 Å². The molecule has 0 aromatic heterocycles. The highest BCUT2D eigenvalue weighted by atomic mass is 79.9. The second-order valence-corrected chi connectivity index (χ2v) is 5.33. The highest BCUT2D eigenvalue weighted by Crippen LogP contribution is 2.33. The lowest BCUT2D eigenvalue weighted by atomic mass is 10.1. The van der Waals surface area contributed by atoms with Crippen LogP contribution in [0.25, 0.3) is 0 Å². The number of aryl methyl sites for hydroxylation is 2. The Kier molecular flexibility index (Phi) is 3.91. The van der Waals surface area contributed by atoms with E-state index in [0.29, 0.717) is 0 Å². The maximum Gasteiger partial charge on any atom is 0.125 e. The molecule has 0 amide bonds. The molecule has 1 saturated carbocycles. The van der Waals surface area contributed by atoms with E-state index in [0.717, 1.165) is 23.6 Å². The summed E-state index contributed by atoms with van der Waals surface area (Å²) in [5.41, 5.74) is 3.83. The third-order valence-corrected chi connectivity index (χ3v) is 3.79. The Morgan fingerprint density at radius 2 is 1.88 bits per heavy atom. The van der Waals surface area contributed by atoms with Gasteiger partial charge in [-0.1, -0.05) is 40.9 Å². The Morgan fingerprint density at radius 1 is 1.25 bits per heavy atom. The molecule has 1 aliphatic carbocycles. The second-order valence-electron chi connectivity index (χ2n) is 4.77. The molecule has 88 valence electrons. The second kappa shape index (κ2) is 5.22. The van der Waals surface area contributed by atoms with Crippen LogP contribution in [0.2, 0.25) is 0 Å². The predicted octanol–water partition coefficient (Wildman–Crippen LogP) is 4.38. The van der Waals surface area contributed by atoms with Gasteiger partial charge in [-0.05, 0) is 42.9 Å². The number of alkyl halides is 1. The maximum absolute atomic E-state index is 5.90. The smallest absolute Gasteiger partial charge is 0.125 e. The first-order valence-corrected chi connectivity index (χ1v) is 7.11. The van der Waals surface area contributed by atoms with E-state index in [2.05, 4.69) is 41.9 Å². The van der Waals surface area contributed by atoms with Crippen molar-refractivity contribution in [1.29, 1.82) is 0 Å². The van der Waals surface area contributed by atoms with Crippen LogP contribution < -0.4 is 4.74 Å². The van der Waals surface area contributed by atoms with Crippen LogP contribution in [0.1, 0.15) is 36.0 Å². The van der Waals surface area contributed by atoms with E-state index < -0.39 is 0 Å². The van der Waals surface area contributed by atoms with Gasteiger partial charge in [-0.2, -0.15) is 0 Å². The zero-order valence-corrected chi connectivity index (χ0v) is 11.6. The van der Waals surface area contributed by atoms with Crippen molar-refractivity contribution < 1.29 is 4.74 Å². The Morgan fingerprint density at radius 3 is 2.38 bits per heavy atom. The molecule has 0 bridgehead atoms. The minimum absolute atomic E-state index is 0.875. The lowest BCUT2D eigenvalue weighted by Crippen LogP contribution is -2.02. The fraction of sp³-hybridized carbons (Fsp3) is 0.571. The zero-order chi connectivity index (χ0) is 11.5. The molecule has 2 rings (SSSR count). The van der Waals surface area contributed by atoms with E-state index in [9.17, 15) is 0 Å². The Hall–Kier alpha value is -0.500. The van der Waals surface area contributed by atoms with Gasteiger partial charge in [0, 0.05) is 5.33 Å². The molecule has 1 fully saturated rings. The van der Waals surface area contributed by atoms with Crippen LogP contribution in [0.4, 0.5) is 0 Å². The van der Waals surface area contributed by atoms with Gasteiger partial charge in [-0.15, -0.1) is 0 Å². The molecule has 1 aromatic rings. The van der Waals surface area contributed by atoms with Crippen LogP contribution in [-0.4, -0.2) is 6.61 Å². The number of halogens is 1. The zero-order valence-electron chi connectivity index (χ0n) is 10.1. The summed E-state index contributed by atoms with van der Waals surface area (Å²) in [7, 11) is 0. The van der Waals surface area contributed by atoms with Crippen LogP contribution in [0.5, 0.6) is 5.75 Å². The first kappa shape index (κ1) is 12.0. The first-order valence-electron chi connectivity index (χ1n) is 5.99. The fourth-order valence-corrected chi connectivity index (χ4v) is 2.40. The minimum Gasteiger partial charge on any atom is -0.493 e. The molecule has 0 radical (unpaired) electrons. The van der Waals surface area contributed by atoms with Gasteiger partial charge in [0.05, 0.1) is 6.61 Å².